The summed E-state index contributed by atoms with van der Waals surface area (Å²) in [5, 5.41) is 3.70. The Hall–Kier alpha value is -2.86. The van der Waals surface area contributed by atoms with Crippen LogP contribution >= 0.6 is 0 Å². The number of nitrogens with one attached hydrogen (secondary N) is 1. The average Bonchev–Trinajstić information content (AvgIpc) is 3.71. The molecule has 0 radical (unpaired) electrons. The van der Waals surface area contributed by atoms with E-state index in [1.165, 1.54) is 48.8 Å². The molecule has 5 aliphatic rings. The molecule has 3 heterocycles. The lowest BCUT2D eigenvalue weighted by Gasteiger charge is -2.43. The number of piperidine rings is 1. The van der Waals surface area contributed by atoms with Crippen LogP contribution in [0.4, 0.5) is 5.69 Å². The van der Waals surface area contributed by atoms with Crippen LogP contribution in [-0.4, -0.2) is 71.8 Å². The highest BCUT2D eigenvalue weighted by atomic mass is 16.2. The number of nitrogens with zero attached hydrogens (tertiary/aromatic N) is 3. The Labute approximate surface area is 239 Å². The van der Waals surface area contributed by atoms with Crippen molar-refractivity contribution in [2.75, 3.05) is 44.6 Å². The molecule has 0 aromatic heterocycles. The molecule has 2 aliphatic carbocycles. The number of carbonyl (C=O) groups is 2. The van der Waals surface area contributed by atoms with Gasteiger partial charge in [0.25, 0.3) is 5.91 Å². The predicted octanol–water partition coefficient (Wildman–Crippen LogP) is 5.07. The van der Waals surface area contributed by atoms with Gasteiger partial charge in [-0.2, -0.15) is 0 Å². The molecule has 0 bridgehead atoms. The third-order valence-corrected chi connectivity index (χ3v) is 10.7. The zero-order valence-electron chi connectivity index (χ0n) is 24.0. The first-order valence-corrected chi connectivity index (χ1v) is 15.7. The second-order valence-corrected chi connectivity index (χ2v) is 13.4. The van der Waals surface area contributed by atoms with Gasteiger partial charge < -0.3 is 15.1 Å². The summed E-state index contributed by atoms with van der Waals surface area (Å²) in [6.07, 6.45) is 9.38. The summed E-state index contributed by atoms with van der Waals surface area (Å²) in [5.41, 5.74) is 6.41. The third kappa shape index (κ3) is 5.04. The van der Waals surface area contributed by atoms with Gasteiger partial charge in [-0.1, -0.05) is 49.6 Å². The molecular formula is C34H44N4O2. The molecule has 2 aromatic rings. The van der Waals surface area contributed by atoms with Gasteiger partial charge >= 0.3 is 0 Å². The minimum atomic E-state index is 0.165. The molecular weight excluding hydrogens is 496 g/mol. The number of benzene rings is 2. The molecule has 1 spiro atoms. The van der Waals surface area contributed by atoms with Crippen molar-refractivity contribution in [3.63, 3.8) is 0 Å². The van der Waals surface area contributed by atoms with Crippen LogP contribution in [0.1, 0.15) is 78.9 Å². The Balaban J connectivity index is 1.06. The molecule has 2 amide bonds. The smallest absolute Gasteiger partial charge is 0.254 e. The molecule has 40 heavy (non-hydrogen) atoms. The predicted molar refractivity (Wildman–Crippen MR) is 158 cm³/mol. The standard InChI is InChI=1S/C34H44N4O2/c1-24(39)37-17-12-29(13-18-37)35-30-9-10-32-31(19-30)33(40)38(23-34(32)14-15-34)22-28(25-7-4-8-25)21-36-16-11-26-5-2-3-6-27(26)20-36/h2-3,5-6,9-10,19,25,28-29,35H,4,7-8,11-18,20-23H2,1H3. The van der Waals surface area contributed by atoms with E-state index < -0.39 is 0 Å². The summed E-state index contributed by atoms with van der Waals surface area (Å²) >= 11 is 0. The molecule has 2 saturated carbocycles. The molecule has 1 saturated heterocycles. The zero-order valence-corrected chi connectivity index (χ0v) is 24.0. The maximum atomic E-state index is 14.1. The van der Waals surface area contributed by atoms with Gasteiger partial charge in [0.2, 0.25) is 5.91 Å². The van der Waals surface area contributed by atoms with Crippen molar-refractivity contribution in [2.45, 2.75) is 76.3 Å². The van der Waals surface area contributed by atoms with Crippen LogP contribution < -0.4 is 5.32 Å². The largest absolute Gasteiger partial charge is 0.382 e. The van der Waals surface area contributed by atoms with Gasteiger partial charge in [0.05, 0.1) is 0 Å². The molecule has 2 aromatic carbocycles. The second kappa shape index (κ2) is 10.5. The van der Waals surface area contributed by atoms with E-state index in [9.17, 15) is 9.59 Å². The quantitative estimate of drug-likeness (QED) is 0.533. The number of likely N-dealkylation sites (tertiary alicyclic amines) is 1. The van der Waals surface area contributed by atoms with E-state index in [-0.39, 0.29) is 17.2 Å². The molecule has 3 fully saturated rings. The molecule has 7 rings (SSSR count). The van der Waals surface area contributed by atoms with Crippen molar-refractivity contribution in [1.29, 1.82) is 0 Å². The normalized spacial score (nSPS) is 23.4. The fourth-order valence-corrected chi connectivity index (χ4v) is 7.86. The third-order valence-electron chi connectivity index (χ3n) is 10.7. The number of amides is 2. The van der Waals surface area contributed by atoms with Gasteiger partial charge in [-0.3, -0.25) is 14.5 Å². The van der Waals surface area contributed by atoms with Crippen LogP contribution in [0.3, 0.4) is 0 Å². The Bertz CT molecular complexity index is 1270. The van der Waals surface area contributed by atoms with E-state index in [4.69, 9.17) is 0 Å². The highest BCUT2D eigenvalue weighted by Gasteiger charge is 2.52. The number of carbonyl (C=O) groups excluding carboxylic acids is 2. The summed E-state index contributed by atoms with van der Waals surface area (Å²) < 4.78 is 0. The summed E-state index contributed by atoms with van der Waals surface area (Å²) in [7, 11) is 0. The number of fused-ring (bicyclic) bond motifs is 3. The molecule has 6 heteroatoms. The van der Waals surface area contributed by atoms with E-state index in [2.05, 4.69) is 57.6 Å². The van der Waals surface area contributed by atoms with Crippen LogP contribution in [0, 0.1) is 11.8 Å². The van der Waals surface area contributed by atoms with Crippen LogP contribution in [0.15, 0.2) is 42.5 Å². The van der Waals surface area contributed by atoms with Gasteiger partial charge in [-0.05, 0) is 72.8 Å². The van der Waals surface area contributed by atoms with Crippen molar-refractivity contribution in [2.24, 2.45) is 11.8 Å². The van der Waals surface area contributed by atoms with Crippen molar-refractivity contribution in [3.05, 3.63) is 64.7 Å². The fourth-order valence-electron chi connectivity index (χ4n) is 7.86. The van der Waals surface area contributed by atoms with E-state index in [1.54, 1.807) is 6.92 Å². The van der Waals surface area contributed by atoms with Crippen LogP contribution in [-0.2, 0) is 23.2 Å². The molecule has 3 aliphatic heterocycles. The zero-order chi connectivity index (χ0) is 27.3. The Morgan fingerprint density at radius 1 is 1.00 bits per heavy atom. The lowest BCUT2D eigenvalue weighted by atomic mass is 9.74. The Kier molecular flexibility index (Phi) is 6.85. The van der Waals surface area contributed by atoms with Gasteiger partial charge in [0.1, 0.15) is 0 Å². The molecule has 6 nitrogen and oxygen atoms in total. The van der Waals surface area contributed by atoms with Crippen LogP contribution in [0.2, 0.25) is 0 Å². The van der Waals surface area contributed by atoms with Crippen molar-refractivity contribution in [1.82, 2.24) is 14.7 Å². The first-order valence-electron chi connectivity index (χ1n) is 15.7. The van der Waals surface area contributed by atoms with Gasteiger partial charge in [0, 0.05) is 75.4 Å². The Morgan fingerprint density at radius 3 is 2.48 bits per heavy atom. The maximum absolute atomic E-state index is 14.1. The molecule has 1 atom stereocenters. The minimum absolute atomic E-state index is 0.165. The van der Waals surface area contributed by atoms with Crippen molar-refractivity contribution < 1.29 is 9.59 Å². The van der Waals surface area contributed by atoms with Gasteiger partial charge in [-0.15, -0.1) is 0 Å². The minimum Gasteiger partial charge on any atom is -0.382 e. The SMILES string of the molecule is CC(=O)N1CCC(Nc2ccc3c(c2)C(=O)N(CC(CN2CCc4ccccc4C2)C2CCC2)CC32CC2)CC1. The van der Waals surface area contributed by atoms with Gasteiger partial charge in [0.15, 0.2) is 0 Å². The summed E-state index contributed by atoms with van der Waals surface area (Å²) in [4.78, 5) is 32.6. The second-order valence-electron chi connectivity index (χ2n) is 13.4. The van der Waals surface area contributed by atoms with Crippen molar-refractivity contribution in [3.8, 4) is 0 Å². The molecule has 1 N–H and O–H groups in total. The average molecular weight is 541 g/mol. The number of hydrogen-bond donors (Lipinski definition) is 1. The lowest BCUT2D eigenvalue weighted by Crippen LogP contribution is -2.49. The highest BCUT2D eigenvalue weighted by Crippen LogP contribution is 2.53. The molecule has 1 unspecified atom stereocenters. The summed E-state index contributed by atoms with van der Waals surface area (Å²) in [6, 6.07) is 15.8. The number of anilines is 1. The first-order chi connectivity index (χ1) is 19.5. The van der Waals surface area contributed by atoms with E-state index in [0.717, 1.165) is 82.2 Å². The number of rotatable bonds is 7. The Morgan fingerprint density at radius 2 is 1.77 bits per heavy atom. The van der Waals surface area contributed by atoms with Crippen molar-refractivity contribution >= 4 is 17.5 Å². The lowest BCUT2D eigenvalue weighted by molar-refractivity contribution is -0.129. The van der Waals surface area contributed by atoms with E-state index in [0.29, 0.717) is 12.0 Å². The fraction of sp³-hybridized carbons (Fsp3) is 0.588. The van der Waals surface area contributed by atoms with E-state index in [1.807, 2.05) is 4.90 Å². The highest BCUT2D eigenvalue weighted by molar-refractivity contribution is 5.98. The summed E-state index contributed by atoms with van der Waals surface area (Å²) in [6.45, 7) is 8.32. The first kappa shape index (κ1) is 26.1. The monoisotopic (exact) mass is 540 g/mol. The molecule has 212 valence electrons. The van der Waals surface area contributed by atoms with Crippen LogP contribution in [0.25, 0.3) is 0 Å². The van der Waals surface area contributed by atoms with E-state index >= 15 is 0 Å². The topological polar surface area (TPSA) is 55.9 Å². The van der Waals surface area contributed by atoms with Crippen LogP contribution in [0.5, 0.6) is 0 Å². The summed E-state index contributed by atoms with van der Waals surface area (Å²) in [5.74, 6) is 1.69. The van der Waals surface area contributed by atoms with Gasteiger partial charge in [-0.25, -0.2) is 0 Å². The number of hydrogen-bond acceptors (Lipinski definition) is 4. The maximum Gasteiger partial charge on any atom is 0.254 e.